The summed E-state index contributed by atoms with van der Waals surface area (Å²) in [5.41, 5.74) is 1.51. The normalized spacial score (nSPS) is 10.9. The summed E-state index contributed by atoms with van der Waals surface area (Å²) in [5, 5.41) is 2.70. The fourth-order valence-corrected chi connectivity index (χ4v) is 4.17. The van der Waals surface area contributed by atoms with Crippen LogP contribution in [0.25, 0.3) is 0 Å². The number of amides is 1. The van der Waals surface area contributed by atoms with Gasteiger partial charge in [0.15, 0.2) is 0 Å². The first-order valence-corrected chi connectivity index (χ1v) is 11.6. The Bertz CT molecular complexity index is 1230. The van der Waals surface area contributed by atoms with Gasteiger partial charge in [0.1, 0.15) is 17.2 Å². The zero-order valence-corrected chi connectivity index (χ0v) is 19.4. The van der Waals surface area contributed by atoms with E-state index in [0.717, 1.165) is 5.56 Å². The van der Waals surface area contributed by atoms with Gasteiger partial charge in [-0.2, -0.15) is 0 Å². The van der Waals surface area contributed by atoms with Gasteiger partial charge in [-0.15, -0.1) is 0 Å². The molecule has 9 heteroatoms. The standard InChI is InChI=1S/C24H26N2O6S/c1-17-8-4-6-10-21(17)32-15-14-24(27)25-20-16-18(12-13-23(20)31-3)33(28,29)26-19-9-5-7-11-22(19)30-2/h4-13,16,26H,14-15H2,1-3H3,(H,25,27). The molecule has 0 fully saturated rings. The molecule has 0 heterocycles. The van der Waals surface area contributed by atoms with E-state index in [1.165, 1.54) is 32.4 Å². The van der Waals surface area contributed by atoms with Gasteiger partial charge in [-0.3, -0.25) is 9.52 Å². The topological polar surface area (TPSA) is 103 Å². The quantitative estimate of drug-likeness (QED) is 0.460. The Labute approximate surface area is 193 Å². The summed E-state index contributed by atoms with van der Waals surface area (Å²) in [6.07, 6.45) is 0.0773. The van der Waals surface area contributed by atoms with E-state index in [9.17, 15) is 13.2 Å². The minimum atomic E-state index is -3.95. The molecule has 0 spiro atoms. The number of aryl methyl sites for hydroxylation is 1. The third-order valence-corrected chi connectivity index (χ3v) is 6.15. The van der Waals surface area contributed by atoms with Crippen LogP contribution in [0, 0.1) is 6.92 Å². The Kier molecular flexibility index (Phi) is 7.78. The van der Waals surface area contributed by atoms with Crippen LogP contribution in [0.5, 0.6) is 17.2 Å². The van der Waals surface area contributed by atoms with Crippen molar-refractivity contribution in [3.8, 4) is 17.2 Å². The highest BCUT2D eigenvalue weighted by Gasteiger charge is 2.19. The number of benzene rings is 3. The van der Waals surface area contributed by atoms with Crippen LogP contribution in [0.1, 0.15) is 12.0 Å². The third kappa shape index (κ3) is 6.17. The SMILES string of the molecule is COc1ccc(S(=O)(=O)Nc2ccccc2OC)cc1NC(=O)CCOc1ccccc1C. The minimum absolute atomic E-state index is 0.0410. The minimum Gasteiger partial charge on any atom is -0.495 e. The first-order valence-electron chi connectivity index (χ1n) is 10.2. The molecule has 3 aromatic rings. The van der Waals surface area contributed by atoms with Crippen LogP contribution < -0.4 is 24.2 Å². The summed E-state index contributed by atoms with van der Waals surface area (Å²) in [4.78, 5) is 12.4. The van der Waals surface area contributed by atoms with Gasteiger partial charge in [-0.05, 0) is 48.9 Å². The summed E-state index contributed by atoms with van der Waals surface area (Å²) in [5.74, 6) is 1.09. The highest BCUT2D eigenvalue weighted by atomic mass is 32.2. The molecule has 174 valence electrons. The lowest BCUT2D eigenvalue weighted by atomic mass is 10.2. The number of methoxy groups -OCH3 is 2. The number of hydrogen-bond acceptors (Lipinski definition) is 6. The number of carbonyl (C=O) groups is 1. The first kappa shape index (κ1) is 23.9. The molecule has 0 saturated heterocycles. The number of sulfonamides is 1. The van der Waals surface area contributed by atoms with Gasteiger partial charge in [0, 0.05) is 0 Å². The number of para-hydroxylation sites is 3. The molecule has 2 N–H and O–H groups in total. The molecule has 0 bridgehead atoms. The van der Waals surface area contributed by atoms with Gasteiger partial charge >= 0.3 is 0 Å². The molecule has 3 rings (SSSR count). The van der Waals surface area contributed by atoms with Crippen molar-refractivity contribution >= 4 is 27.3 Å². The van der Waals surface area contributed by atoms with Gasteiger partial charge < -0.3 is 19.5 Å². The molecule has 0 aromatic heterocycles. The maximum atomic E-state index is 12.9. The van der Waals surface area contributed by atoms with Crippen molar-refractivity contribution in [2.45, 2.75) is 18.2 Å². The highest BCUT2D eigenvalue weighted by Crippen LogP contribution is 2.30. The Balaban J connectivity index is 1.72. The van der Waals surface area contributed by atoms with Crippen LogP contribution in [0.3, 0.4) is 0 Å². The molecule has 0 radical (unpaired) electrons. The zero-order chi connectivity index (χ0) is 23.8. The number of hydrogen-bond donors (Lipinski definition) is 2. The van der Waals surface area contributed by atoms with Crippen molar-refractivity contribution in [1.82, 2.24) is 0 Å². The van der Waals surface area contributed by atoms with Crippen molar-refractivity contribution in [2.75, 3.05) is 30.9 Å². The third-order valence-electron chi connectivity index (χ3n) is 4.79. The maximum absolute atomic E-state index is 12.9. The van der Waals surface area contributed by atoms with Crippen molar-refractivity contribution in [2.24, 2.45) is 0 Å². The Hall–Kier alpha value is -3.72. The van der Waals surface area contributed by atoms with E-state index >= 15 is 0 Å². The average molecular weight is 471 g/mol. The van der Waals surface area contributed by atoms with E-state index in [-0.39, 0.29) is 29.5 Å². The summed E-state index contributed by atoms with van der Waals surface area (Å²) >= 11 is 0. The molecule has 1 amide bonds. The smallest absolute Gasteiger partial charge is 0.262 e. The van der Waals surface area contributed by atoms with Gasteiger partial charge in [0.2, 0.25) is 5.91 Å². The maximum Gasteiger partial charge on any atom is 0.262 e. The summed E-state index contributed by atoms with van der Waals surface area (Å²) < 4.78 is 44.5. The lowest BCUT2D eigenvalue weighted by Crippen LogP contribution is -2.17. The molecule has 0 aliphatic heterocycles. The van der Waals surface area contributed by atoms with Crippen LogP contribution in [-0.4, -0.2) is 35.2 Å². The Morgan fingerprint density at radius 3 is 2.18 bits per heavy atom. The lowest BCUT2D eigenvalue weighted by Gasteiger charge is -2.15. The summed E-state index contributed by atoms with van der Waals surface area (Å²) in [6, 6.07) is 18.4. The van der Waals surface area contributed by atoms with Crippen molar-refractivity contribution < 1.29 is 27.4 Å². The molecule has 0 unspecified atom stereocenters. The predicted octanol–water partition coefficient (Wildman–Crippen LogP) is 4.22. The number of carbonyl (C=O) groups excluding carboxylic acids is 1. The fraction of sp³-hybridized carbons (Fsp3) is 0.208. The second-order valence-corrected chi connectivity index (χ2v) is 8.76. The van der Waals surface area contributed by atoms with Crippen LogP contribution in [0.2, 0.25) is 0 Å². The van der Waals surface area contributed by atoms with Crippen molar-refractivity contribution in [3.63, 3.8) is 0 Å². The second kappa shape index (κ2) is 10.7. The lowest BCUT2D eigenvalue weighted by molar-refractivity contribution is -0.116. The number of nitrogens with one attached hydrogen (secondary N) is 2. The molecule has 8 nitrogen and oxygen atoms in total. The van der Waals surface area contributed by atoms with Crippen LogP contribution >= 0.6 is 0 Å². The molecule has 0 aliphatic rings. The molecule has 0 atom stereocenters. The zero-order valence-electron chi connectivity index (χ0n) is 18.6. The van der Waals surface area contributed by atoms with E-state index < -0.39 is 10.0 Å². The first-order chi connectivity index (χ1) is 15.8. The fourth-order valence-electron chi connectivity index (χ4n) is 3.07. The van der Waals surface area contributed by atoms with Crippen LogP contribution in [0.15, 0.2) is 71.6 Å². The molecular formula is C24H26N2O6S. The van der Waals surface area contributed by atoms with Crippen molar-refractivity contribution in [1.29, 1.82) is 0 Å². The highest BCUT2D eigenvalue weighted by molar-refractivity contribution is 7.92. The van der Waals surface area contributed by atoms with Crippen molar-refractivity contribution in [3.05, 3.63) is 72.3 Å². The molecular weight excluding hydrogens is 444 g/mol. The monoisotopic (exact) mass is 470 g/mol. The van der Waals surface area contributed by atoms with E-state index in [2.05, 4.69) is 10.0 Å². The van der Waals surface area contributed by atoms with Gasteiger partial charge in [0.25, 0.3) is 10.0 Å². The molecule has 0 saturated carbocycles. The Morgan fingerprint density at radius 2 is 1.48 bits per heavy atom. The average Bonchev–Trinajstić information content (AvgIpc) is 2.80. The molecule has 3 aromatic carbocycles. The summed E-state index contributed by atoms with van der Waals surface area (Å²) in [7, 11) is -1.06. The largest absolute Gasteiger partial charge is 0.495 e. The van der Waals surface area contributed by atoms with Gasteiger partial charge in [-0.25, -0.2) is 8.42 Å². The van der Waals surface area contributed by atoms with E-state index in [1.807, 2.05) is 31.2 Å². The van der Waals surface area contributed by atoms with E-state index in [4.69, 9.17) is 14.2 Å². The van der Waals surface area contributed by atoms with Crippen LogP contribution in [0.4, 0.5) is 11.4 Å². The second-order valence-electron chi connectivity index (χ2n) is 7.08. The summed E-state index contributed by atoms with van der Waals surface area (Å²) in [6.45, 7) is 2.09. The number of anilines is 2. The number of rotatable bonds is 10. The predicted molar refractivity (Wildman–Crippen MR) is 127 cm³/mol. The molecule has 0 aliphatic carbocycles. The van der Waals surface area contributed by atoms with Crippen LogP contribution in [-0.2, 0) is 14.8 Å². The Morgan fingerprint density at radius 1 is 0.848 bits per heavy atom. The van der Waals surface area contributed by atoms with E-state index in [1.54, 1.807) is 24.3 Å². The number of ether oxygens (including phenoxy) is 3. The van der Waals surface area contributed by atoms with Gasteiger partial charge in [0.05, 0.1) is 43.5 Å². The van der Waals surface area contributed by atoms with E-state index in [0.29, 0.717) is 22.9 Å². The molecule has 33 heavy (non-hydrogen) atoms. The van der Waals surface area contributed by atoms with Gasteiger partial charge in [-0.1, -0.05) is 30.3 Å².